The molecule has 1 N–H and O–H groups in total. The van der Waals surface area contributed by atoms with Crippen LogP contribution in [0, 0.1) is 6.92 Å². The molecule has 0 heterocycles. The van der Waals surface area contributed by atoms with Crippen molar-refractivity contribution in [1.82, 2.24) is 0 Å². The van der Waals surface area contributed by atoms with Gasteiger partial charge in [0.2, 0.25) is 0 Å². The maximum Gasteiger partial charge on any atom is 0.163 e. The fraction of sp³-hybridized carbons (Fsp3) is 0.217. The van der Waals surface area contributed by atoms with Gasteiger partial charge < -0.3 is 14.8 Å². The molecule has 0 saturated carbocycles. The molecule has 3 aromatic rings. The molecule has 146 valence electrons. The van der Waals surface area contributed by atoms with Crippen LogP contribution >= 0.6 is 23.2 Å². The average Bonchev–Trinajstić information content (AvgIpc) is 2.69. The number of halogens is 2. The Hall–Kier alpha value is -2.36. The predicted molar refractivity (Wildman–Crippen MR) is 117 cm³/mol. The van der Waals surface area contributed by atoms with Crippen molar-refractivity contribution in [1.29, 1.82) is 0 Å². The van der Waals surface area contributed by atoms with E-state index in [0.29, 0.717) is 41.3 Å². The zero-order valence-corrected chi connectivity index (χ0v) is 17.5. The van der Waals surface area contributed by atoms with Gasteiger partial charge in [-0.15, -0.1) is 0 Å². The summed E-state index contributed by atoms with van der Waals surface area (Å²) in [7, 11) is 0. The Morgan fingerprint density at radius 3 is 2.29 bits per heavy atom. The second-order valence-electron chi connectivity index (χ2n) is 6.40. The molecule has 3 aromatic carbocycles. The number of nitrogens with one attached hydrogen (secondary N) is 1. The zero-order chi connectivity index (χ0) is 19.9. The van der Waals surface area contributed by atoms with Crippen molar-refractivity contribution in [2.45, 2.75) is 27.0 Å². The van der Waals surface area contributed by atoms with E-state index >= 15 is 0 Å². The Morgan fingerprint density at radius 2 is 1.57 bits per heavy atom. The lowest BCUT2D eigenvalue weighted by Crippen LogP contribution is -2.04. The molecule has 0 amide bonds. The first kappa shape index (κ1) is 20.4. The van der Waals surface area contributed by atoms with E-state index in [4.69, 9.17) is 32.7 Å². The minimum atomic E-state index is 0.464. The molecule has 0 aliphatic carbocycles. The summed E-state index contributed by atoms with van der Waals surface area (Å²) < 4.78 is 11.8. The fourth-order valence-electron chi connectivity index (χ4n) is 2.79. The van der Waals surface area contributed by atoms with E-state index in [2.05, 4.69) is 24.4 Å². The van der Waals surface area contributed by atoms with Crippen LogP contribution in [0.2, 0.25) is 10.0 Å². The number of ether oxygens (including phenoxy) is 2. The summed E-state index contributed by atoms with van der Waals surface area (Å²) in [5, 5.41) is 4.68. The second-order valence-corrected chi connectivity index (χ2v) is 7.24. The summed E-state index contributed by atoms with van der Waals surface area (Å²) in [5.74, 6) is 1.33. The van der Waals surface area contributed by atoms with Gasteiger partial charge in [0.15, 0.2) is 11.5 Å². The van der Waals surface area contributed by atoms with Crippen molar-refractivity contribution in [3.63, 3.8) is 0 Å². The van der Waals surface area contributed by atoms with Crippen LogP contribution in [-0.2, 0) is 13.2 Å². The molecular formula is C23H23Cl2NO2. The molecule has 5 heteroatoms. The van der Waals surface area contributed by atoms with Gasteiger partial charge in [-0.2, -0.15) is 0 Å². The van der Waals surface area contributed by atoms with Gasteiger partial charge in [0.25, 0.3) is 0 Å². The molecule has 0 radical (unpaired) electrons. The molecule has 0 atom stereocenters. The highest BCUT2D eigenvalue weighted by molar-refractivity contribution is 6.31. The molecule has 0 spiro atoms. The van der Waals surface area contributed by atoms with Gasteiger partial charge in [-0.1, -0.05) is 47.5 Å². The monoisotopic (exact) mass is 415 g/mol. The van der Waals surface area contributed by atoms with Crippen molar-refractivity contribution < 1.29 is 9.47 Å². The molecule has 0 fully saturated rings. The smallest absolute Gasteiger partial charge is 0.163 e. The standard InChI is InChI=1S/C23H23Cl2NO2/c1-3-27-22-12-18(14-26-20-10-8-19(24)9-11-20)21(25)13-23(22)28-15-17-7-5-4-6-16(17)2/h4-13,26H,3,14-15H2,1-2H3. The van der Waals surface area contributed by atoms with Gasteiger partial charge in [-0.25, -0.2) is 0 Å². The van der Waals surface area contributed by atoms with Gasteiger partial charge >= 0.3 is 0 Å². The van der Waals surface area contributed by atoms with E-state index < -0.39 is 0 Å². The summed E-state index contributed by atoms with van der Waals surface area (Å²) in [6.45, 7) is 5.60. The van der Waals surface area contributed by atoms with Gasteiger partial charge in [0.1, 0.15) is 6.61 Å². The van der Waals surface area contributed by atoms with Crippen LogP contribution in [0.25, 0.3) is 0 Å². The normalized spacial score (nSPS) is 10.6. The van der Waals surface area contributed by atoms with Crippen molar-refractivity contribution >= 4 is 28.9 Å². The number of benzene rings is 3. The van der Waals surface area contributed by atoms with Crippen molar-refractivity contribution in [3.8, 4) is 11.5 Å². The average molecular weight is 416 g/mol. The first-order valence-electron chi connectivity index (χ1n) is 9.18. The predicted octanol–water partition coefficient (Wildman–Crippen LogP) is 6.89. The second kappa shape index (κ2) is 9.72. The van der Waals surface area contributed by atoms with Crippen molar-refractivity contribution in [3.05, 3.63) is 87.4 Å². The van der Waals surface area contributed by atoms with Crippen LogP contribution in [0.4, 0.5) is 5.69 Å². The highest BCUT2D eigenvalue weighted by atomic mass is 35.5. The number of anilines is 1. The molecule has 0 aliphatic rings. The Kier molecular flexibility index (Phi) is 7.07. The third-order valence-corrected chi connectivity index (χ3v) is 4.99. The van der Waals surface area contributed by atoms with E-state index in [0.717, 1.165) is 16.8 Å². The first-order chi connectivity index (χ1) is 13.6. The SMILES string of the molecule is CCOc1cc(CNc2ccc(Cl)cc2)c(Cl)cc1OCc1ccccc1C. The lowest BCUT2D eigenvalue weighted by Gasteiger charge is -2.16. The summed E-state index contributed by atoms with van der Waals surface area (Å²) in [6, 6.07) is 19.5. The van der Waals surface area contributed by atoms with Crippen LogP contribution in [0.5, 0.6) is 11.5 Å². The molecule has 3 nitrogen and oxygen atoms in total. The molecule has 0 aromatic heterocycles. The van der Waals surface area contributed by atoms with Crippen LogP contribution < -0.4 is 14.8 Å². The van der Waals surface area contributed by atoms with Crippen LogP contribution in [-0.4, -0.2) is 6.61 Å². The summed E-state index contributed by atoms with van der Waals surface area (Å²) in [5.41, 5.74) is 4.23. The number of hydrogen-bond donors (Lipinski definition) is 1. The minimum Gasteiger partial charge on any atom is -0.490 e. The van der Waals surface area contributed by atoms with Crippen LogP contribution in [0.3, 0.4) is 0 Å². The topological polar surface area (TPSA) is 30.5 Å². The van der Waals surface area contributed by atoms with Crippen LogP contribution in [0.1, 0.15) is 23.6 Å². The van der Waals surface area contributed by atoms with E-state index in [9.17, 15) is 0 Å². The largest absolute Gasteiger partial charge is 0.490 e. The highest BCUT2D eigenvalue weighted by Gasteiger charge is 2.12. The lowest BCUT2D eigenvalue weighted by molar-refractivity contribution is 0.268. The quantitative estimate of drug-likeness (QED) is 0.434. The van der Waals surface area contributed by atoms with Gasteiger partial charge in [-0.05, 0) is 60.9 Å². The summed E-state index contributed by atoms with van der Waals surface area (Å²) >= 11 is 12.4. The molecule has 0 saturated heterocycles. The van der Waals surface area contributed by atoms with Crippen LogP contribution in [0.15, 0.2) is 60.7 Å². The zero-order valence-electron chi connectivity index (χ0n) is 16.0. The Bertz CT molecular complexity index is 926. The Morgan fingerprint density at radius 1 is 0.857 bits per heavy atom. The number of aryl methyl sites for hydroxylation is 1. The Balaban J connectivity index is 1.75. The molecule has 3 rings (SSSR count). The molecule has 0 aliphatic heterocycles. The molecule has 0 bridgehead atoms. The molecular weight excluding hydrogens is 393 g/mol. The maximum atomic E-state index is 6.51. The molecule has 28 heavy (non-hydrogen) atoms. The van der Waals surface area contributed by atoms with Gasteiger partial charge in [0, 0.05) is 28.3 Å². The number of rotatable bonds is 8. The third kappa shape index (κ3) is 5.34. The Labute approximate surface area is 176 Å². The molecule has 0 unspecified atom stereocenters. The third-order valence-electron chi connectivity index (χ3n) is 4.38. The highest BCUT2D eigenvalue weighted by Crippen LogP contribution is 2.35. The summed E-state index contributed by atoms with van der Waals surface area (Å²) in [6.07, 6.45) is 0. The van der Waals surface area contributed by atoms with E-state index in [1.54, 1.807) is 0 Å². The van der Waals surface area contributed by atoms with Crippen molar-refractivity contribution in [2.75, 3.05) is 11.9 Å². The maximum absolute atomic E-state index is 6.51. The number of hydrogen-bond acceptors (Lipinski definition) is 3. The summed E-state index contributed by atoms with van der Waals surface area (Å²) in [4.78, 5) is 0. The van der Waals surface area contributed by atoms with E-state index in [1.165, 1.54) is 5.56 Å². The lowest BCUT2D eigenvalue weighted by atomic mass is 10.1. The van der Waals surface area contributed by atoms with Gasteiger partial charge in [-0.3, -0.25) is 0 Å². The van der Waals surface area contributed by atoms with Crippen molar-refractivity contribution in [2.24, 2.45) is 0 Å². The fourth-order valence-corrected chi connectivity index (χ4v) is 3.13. The van der Waals surface area contributed by atoms with E-state index in [1.807, 2.05) is 55.5 Å². The first-order valence-corrected chi connectivity index (χ1v) is 9.94. The van der Waals surface area contributed by atoms with Gasteiger partial charge in [0.05, 0.1) is 6.61 Å². The minimum absolute atomic E-state index is 0.464. The van der Waals surface area contributed by atoms with E-state index in [-0.39, 0.29) is 0 Å².